The Morgan fingerprint density at radius 2 is 1.95 bits per heavy atom. The summed E-state index contributed by atoms with van der Waals surface area (Å²) in [5.41, 5.74) is 0.419. The highest BCUT2D eigenvalue weighted by molar-refractivity contribution is 6.29. The number of nitrogens with zero attached hydrogens (tertiary/aromatic N) is 1. The molecule has 0 aromatic carbocycles. The van der Waals surface area contributed by atoms with E-state index in [4.69, 9.17) is 16.0 Å². The molecule has 0 fully saturated rings. The first-order valence-corrected chi connectivity index (χ1v) is 6.26. The van der Waals surface area contributed by atoms with Gasteiger partial charge in [-0.25, -0.2) is 4.98 Å². The smallest absolute Gasteiger partial charge is 0.287 e. The molecular formula is C13H12ClN3O3. The van der Waals surface area contributed by atoms with Crippen LogP contribution >= 0.6 is 11.6 Å². The molecule has 20 heavy (non-hydrogen) atoms. The number of nitrogens with one attached hydrogen (secondary N) is 2. The standard InChI is InChI=1S/C13H12ClN3O3/c14-11-8-9(3-4-15-11)12(18)16-5-6-17-13(19)10-2-1-7-20-10/h1-4,7-8H,5-6H2,(H,16,18)(H,17,19). The average molecular weight is 294 g/mol. The highest BCUT2D eigenvalue weighted by atomic mass is 35.5. The van der Waals surface area contributed by atoms with Crippen LogP contribution in [-0.4, -0.2) is 29.9 Å². The van der Waals surface area contributed by atoms with Crippen LogP contribution in [0.15, 0.2) is 41.1 Å². The van der Waals surface area contributed by atoms with Gasteiger partial charge in [0.25, 0.3) is 11.8 Å². The first kappa shape index (κ1) is 14.1. The molecule has 2 aromatic rings. The van der Waals surface area contributed by atoms with Crippen molar-refractivity contribution in [3.05, 3.63) is 53.2 Å². The Bertz CT molecular complexity index is 599. The van der Waals surface area contributed by atoms with Crippen LogP contribution in [0.4, 0.5) is 0 Å². The third-order valence-corrected chi connectivity index (χ3v) is 2.64. The molecule has 7 heteroatoms. The lowest BCUT2D eigenvalue weighted by Gasteiger charge is -2.06. The molecule has 0 saturated heterocycles. The first-order valence-electron chi connectivity index (χ1n) is 5.88. The zero-order valence-corrected chi connectivity index (χ0v) is 11.2. The Hall–Kier alpha value is -2.34. The van der Waals surface area contributed by atoms with Crippen molar-refractivity contribution in [3.63, 3.8) is 0 Å². The van der Waals surface area contributed by atoms with Crippen LogP contribution in [0, 0.1) is 0 Å². The van der Waals surface area contributed by atoms with Gasteiger partial charge in [0.15, 0.2) is 5.76 Å². The summed E-state index contributed by atoms with van der Waals surface area (Å²) in [4.78, 5) is 27.1. The van der Waals surface area contributed by atoms with Gasteiger partial charge in [-0.15, -0.1) is 0 Å². The van der Waals surface area contributed by atoms with Crippen molar-refractivity contribution in [2.45, 2.75) is 0 Å². The van der Waals surface area contributed by atoms with E-state index in [9.17, 15) is 9.59 Å². The summed E-state index contributed by atoms with van der Waals surface area (Å²) in [5.74, 6) is -0.366. The summed E-state index contributed by atoms with van der Waals surface area (Å²) in [6, 6.07) is 6.22. The van der Waals surface area contributed by atoms with Crippen molar-refractivity contribution < 1.29 is 14.0 Å². The molecule has 0 aliphatic heterocycles. The monoisotopic (exact) mass is 293 g/mol. The maximum Gasteiger partial charge on any atom is 0.287 e. The SMILES string of the molecule is O=C(NCCNC(=O)c1ccco1)c1ccnc(Cl)c1. The lowest BCUT2D eigenvalue weighted by molar-refractivity contribution is 0.0910. The van der Waals surface area contributed by atoms with E-state index >= 15 is 0 Å². The third-order valence-electron chi connectivity index (χ3n) is 2.43. The number of pyridine rings is 1. The molecule has 2 heterocycles. The number of hydrogen-bond donors (Lipinski definition) is 2. The van der Waals surface area contributed by atoms with Crippen molar-refractivity contribution in [1.29, 1.82) is 0 Å². The molecule has 2 amide bonds. The fraction of sp³-hybridized carbons (Fsp3) is 0.154. The van der Waals surface area contributed by atoms with Gasteiger partial charge in [-0.3, -0.25) is 9.59 Å². The van der Waals surface area contributed by atoms with Crippen LogP contribution in [0.25, 0.3) is 0 Å². The van der Waals surface area contributed by atoms with Gasteiger partial charge in [-0.05, 0) is 24.3 Å². The summed E-state index contributed by atoms with van der Waals surface area (Å²) in [5, 5.41) is 5.53. The number of rotatable bonds is 5. The van der Waals surface area contributed by atoms with Crippen molar-refractivity contribution >= 4 is 23.4 Å². The minimum absolute atomic E-state index is 0.234. The second-order valence-electron chi connectivity index (χ2n) is 3.86. The molecule has 0 aliphatic rings. The van der Waals surface area contributed by atoms with Crippen LogP contribution in [0.1, 0.15) is 20.9 Å². The molecule has 0 radical (unpaired) electrons. The normalized spacial score (nSPS) is 10.1. The van der Waals surface area contributed by atoms with E-state index in [1.807, 2.05) is 0 Å². The van der Waals surface area contributed by atoms with E-state index < -0.39 is 0 Å². The topological polar surface area (TPSA) is 84.2 Å². The Morgan fingerprint density at radius 3 is 2.60 bits per heavy atom. The number of furan rings is 1. The molecule has 6 nitrogen and oxygen atoms in total. The van der Waals surface area contributed by atoms with Gasteiger partial charge in [-0.1, -0.05) is 11.6 Å². The average Bonchev–Trinajstić information content (AvgIpc) is 2.97. The number of amides is 2. The molecule has 2 rings (SSSR count). The first-order chi connectivity index (χ1) is 9.66. The van der Waals surface area contributed by atoms with Crippen molar-refractivity contribution in [2.75, 3.05) is 13.1 Å². The van der Waals surface area contributed by atoms with Crippen LogP contribution < -0.4 is 10.6 Å². The Morgan fingerprint density at radius 1 is 1.20 bits per heavy atom. The molecule has 0 spiro atoms. The highest BCUT2D eigenvalue weighted by Gasteiger charge is 2.08. The Kier molecular flexibility index (Phi) is 4.73. The Balaban J connectivity index is 1.73. The predicted octanol–water partition coefficient (Wildman–Crippen LogP) is 1.49. The summed E-state index contributed by atoms with van der Waals surface area (Å²) in [6.07, 6.45) is 2.87. The second kappa shape index (κ2) is 6.72. The van der Waals surface area contributed by atoms with Crippen LogP contribution in [0.3, 0.4) is 0 Å². The Labute approximate surface area is 120 Å². The number of carbonyl (C=O) groups excluding carboxylic acids is 2. The summed E-state index contributed by atoms with van der Waals surface area (Å²) >= 11 is 5.69. The van der Waals surface area contributed by atoms with Crippen molar-refractivity contribution in [2.24, 2.45) is 0 Å². The van der Waals surface area contributed by atoms with Gasteiger partial charge >= 0.3 is 0 Å². The number of hydrogen-bond acceptors (Lipinski definition) is 4. The number of halogens is 1. The van der Waals surface area contributed by atoms with Gasteiger partial charge < -0.3 is 15.1 Å². The van der Waals surface area contributed by atoms with E-state index in [0.29, 0.717) is 18.7 Å². The molecule has 0 saturated carbocycles. The molecule has 0 atom stereocenters. The summed E-state index contributed by atoms with van der Waals surface area (Å²) in [6.45, 7) is 0.593. The zero-order valence-electron chi connectivity index (χ0n) is 10.4. The van der Waals surface area contributed by atoms with E-state index in [1.165, 1.54) is 18.5 Å². The van der Waals surface area contributed by atoms with Crippen LogP contribution in [0.2, 0.25) is 5.15 Å². The number of aromatic nitrogens is 1. The lowest BCUT2D eigenvalue weighted by atomic mass is 10.2. The second-order valence-corrected chi connectivity index (χ2v) is 4.24. The molecular weight excluding hydrogens is 282 g/mol. The molecule has 0 aliphatic carbocycles. The highest BCUT2D eigenvalue weighted by Crippen LogP contribution is 2.06. The minimum atomic E-state index is -0.323. The van der Waals surface area contributed by atoms with E-state index in [1.54, 1.807) is 18.2 Å². The van der Waals surface area contributed by atoms with Gasteiger partial charge in [0.1, 0.15) is 5.15 Å². The van der Waals surface area contributed by atoms with Crippen molar-refractivity contribution in [1.82, 2.24) is 15.6 Å². The maximum atomic E-state index is 11.7. The van der Waals surface area contributed by atoms with E-state index in [2.05, 4.69) is 15.6 Å². The van der Waals surface area contributed by atoms with Crippen molar-refractivity contribution in [3.8, 4) is 0 Å². The largest absolute Gasteiger partial charge is 0.459 e. The summed E-state index contributed by atoms with van der Waals surface area (Å²) < 4.78 is 4.93. The number of carbonyl (C=O) groups is 2. The van der Waals surface area contributed by atoms with Crippen LogP contribution in [-0.2, 0) is 0 Å². The van der Waals surface area contributed by atoms with E-state index in [-0.39, 0.29) is 22.7 Å². The van der Waals surface area contributed by atoms with Gasteiger partial charge in [-0.2, -0.15) is 0 Å². The quantitative estimate of drug-likeness (QED) is 0.646. The molecule has 2 aromatic heterocycles. The van der Waals surface area contributed by atoms with Gasteiger partial charge in [0, 0.05) is 24.8 Å². The maximum absolute atomic E-state index is 11.7. The predicted molar refractivity (Wildman–Crippen MR) is 72.6 cm³/mol. The van der Waals surface area contributed by atoms with Crippen LogP contribution in [0.5, 0.6) is 0 Å². The lowest BCUT2D eigenvalue weighted by Crippen LogP contribution is -2.34. The summed E-state index contributed by atoms with van der Waals surface area (Å²) in [7, 11) is 0. The fourth-order valence-electron chi connectivity index (χ4n) is 1.49. The van der Waals surface area contributed by atoms with E-state index in [0.717, 1.165) is 0 Å². The van der Waals surface area contributed by atoms with Gasteiger partial charge in [0.2, 0.25) is 0 Å². The fourth-order valence-corrected chi connectivity index (χ4v) is 1.67. The molecule has 2 N–H and O–H groups in total. The molecule has 0 unspecified atom stereocenters. The zero-order chi connectivity index (χ0) is 14.4. The molecule has 0 bridgehead atoms. The third kappa shape index (κ3) is 3.83. The minimum Gasteiger partial charge on any atom is -0.459 e. The molecule has 104 valence electrons. The van der Waals surface area contributed by atoms with Gasteiger partial charge in [0.05, 0.1) is 6.26 Å².